The van der Waals surface area contributed by atoms with Crippen molar-refractivity contribution >= 4 is 40.7 Å². The molecule has 2 amide bonds. The molecule has 0 bridgehead atoms. The summed E-state index contributed by atoms with van der Waals surface area (Å²) in [6.07, 6.45) is 1.61. The lowest BCUT2D eigenvalue weighted by Gasteiger charge is -2.24. The first-order chi connectivity index (χ1) is 12.9. The van der Waals surface area contributed by atoms with Crippen LogP contribution in [0.25, 0.3) is 0 Å². The smallest absolute Gasteiger partial charge is 0.282 e. The Hall–Kier alpha value is -2.64. The summed E-state index contributed by atoms with van der Waals surface area (Å²) in [6, 6.07) is 8.38. The van der Waals surface area contributed by atoms with E-state index in [1.165, 1.54) is 24.3 Å². The maximum absolute atomic E-state index is 12.8. The molecule has 1 heterocycles. The molecule has 0 aromatic heterocycles. The summed E-state index contributed by atoms with van der Waals surface area (Å²) >= 11 is 11.9. The van der Waals surface area contributed by atoms with Crippen LogP contribution in [-0.4, -0.2) is 28.2 Å². The van der Waals surface area contributed by atoms with Gasteiger partial charge in [-0.25, -0.2) is 0 Å². The molecule has 1 aliphatic heterocycles. The second-order valence-corrected chi connectivity index (χ2v) is 6.76. The molecule has 1 aliphatic rings. The first-order valence-corrected chi connectivity index (χ1v) is 8.88. The van der Waals surface area contributed by atoms with Crippen LogP contribution in [-0.2, 0) is 4.79 Å². The lowest BCUT2D eigenvalue weighted by molar-refractivity contribution is -0.385. The maximum Gasteiger partial charge on any atom is 0.282 e. The van der Waals surface area contributed by atoms with Crippen LogP contribution in [0, 0.1) is 10.1 Å². The number of amides is 2. The normalized spacial score (nSPS) is 14.1. The molecule has 1 saturated heterocycles. The molecule has 27 heavy (non-hydrogen) atoms. The topological polar surface area (TPSA) is 89.8 Å². The number of nitro benzene ring substituents is 1. The number of benzene rings is 2. The summed E-state index contributed by atoms with van der Waals surface area (Å²) in [7, 11) is 0. The minimum absolute atomic E-state index is 0.178. The quantitative estimate of drug-likeness (QED) is 0.409. The Morgan fingerprint density at radius 2 is 1.93 bits per heavy atom. The van der Waals surface area contributed by atoms with Crippen LogP contribution in [0.3, 0.4) is 0 Å². The molecule has 1 fully saturated rings. The lowest BCUT2D eigenvalue weighted by Crippen LogP contribution is -2.40. The fourth-order valence-electron chi connectivity index (χ4n) is 2.76. The van der Waals surface area contributed by atoms with Crippen molar-refractivity contribution in [3.63, 3.8) is 0 Å². The van der Waals surface area contributed by atoms with Crippen LogP contribution in [0.2, 0.25) is 10.0 Å². The second kappa shape index (κ2) is 7.94. The summed E-state index contributed by atoms with van der Waals surface area (Å²) in [5.41, 5.74) is -0.606. The number of rotatable bonds is 4. The van der Waals surface area contributed by atoms with Gasteiger partial charge in [0, 0.05) is 30.1 Å². The first-order valence-electron chi connectivity index (χ1n) is 8.13. The van der Waals surface area contributed by atoms with E-state index in [2.05, 4.69) is 0 Å². The number of ether oxygens (including phenoxy) is 1. The fraction of sp³-hybridized carbons (Fsp3) is 0.222. The van der Waals surface area contributed by atoms with Gasteiger partial charge in [0.05, 0.1) is 9.95 Å². The molecule has 0 saturated carbocycles. The molecule has 0 aliphatic carbocycles. The third-order valence-electron chi connectivity index (χ3n) is 4.09. The number of likely N-dealkylation sites (tertiary alicyclic amines) is 1. The lowest BCUT2D eigenvalue weighted by atomic mass is 10.1. The van der Waals surface area contributed by atoms with E-state index in [4.69, 9.17) is 27.9 Å². The first kappa shape index (κ1) is 19.1. The van der Waals surface area contributed by atoms with Crippen molar-refractivity contribution in [3.05, 3.63) is 62.1 Å². The van der Waals surface area contributed by atoms with E-state index in [9.17, 15) is 19.7 Å². The number of nitro groups is 1. The predicted octanol–water partition coefficient (Wildman–Crippen LogP) is 4.85. The van der Waals surface area contributed by atoms with Crippen molar-refractivity contribution in [2.24, 2.45) is 0 Å². The van der Waals surface area contributed by atoms with E-state index in [0.717, 1.165) is 4.90 Å². The van der Waals surface area contributed by atoms with E-state index in [1.54, 1.807) is 12.1 Å². The summed E-state index contributed by atoms with van der Waals surface area (Å²) < 4.78 is 5.64. The highest BCUT2D eigenvalue weighted by atomic mass is 35.5. The molecule has 140 valence electrons. The summed E-state index contributed by atoms with van der Waals surface area (Å²) in [6.45, 7) is 0.239. The Balaban J connectivity index is 1.96. The van der Waals surface area contributed by atoms with Crippen molar-refractivity contribution in [2.75, 3.05) is 6.54 Å². The van der Waals surface area contributed by atoms with Gasteiger partial charge >= 0.3 is 0 Å². The number of piperidine rings is 1. The number of carbonyl (C=O) groups excluding carboxylic acids is 2. The van der Waals surface area contributed by atoms with Crippen LogP contribution in [0.5, 0.6) is 11.5 Å². The van der Waals surface area contributed by atoms with E-state index in [1.807, 2.05) is 0 Å². The Morgan fingerprint density at radius 3 is 2.59 bits per heavy atom. The molecule has 0 radical (unpaired) electrons. The minimum Gasteiger partial charge on any atom is -0.456 e. The van der Waals surface area contributed by atoms with Crippen molar-refractivity contribution in [2.45, 2.75) is 19.3 Å². The Kier molecular flexibility index (Phi) is 5.62. The monoisotopic (exact) mass is 408 g/mol. The standard InChI is InChI=1S/C18H14Cl2N2O5/c19-11-4-7-16(14(20)9-11)27-12-5-6-15(22(25)26)13(10-12)18(24)21-8-2-1-3-17(21)23/h4-7,9-10H,1-3,8H2. The average Bonchev–Trinajstić information content (AvgIpc) is 2.63. The third-order valence-corrected chi connectivity index (χ3v) is 4.62. The van der Waals surface area contributed by atoms with Gasteiger partial charge in [0.1, 0.15) is 17.1 Å². The van der Waals surface area contributed by atoms with Crippen molar-refractivity contribution in [1.82, 2.24) is 4.90 Å². The van der Waals surface area contributed by atoms with E-state index >= 15 is 0 Å². The summed E-state index contributed by atoms with van der Waals surface area (Å²) in [4.78, 5) is 36.5. The summed E-state index contributed by atoms with van der Waals surface area (Å²) in [5, 5.41) is 12.0. The van der Waals surface area contributed by atoms with Gasteiger partial charge in [-0.05, 0) is 37.1 Å². The van der Waals surface area contributed by atoms with Gasteiger partial charge in [-0.3, -0.25) is 24.6 Å². The number of carbonyl (C=O) groups is 2. The van der Waals surface area contributed by atoms with Crippen LogP contribution in [0.15, 0.2) is 36.4 Å². The molecular weight excluding hydrogens is 395 g/mol. The van der Waals surface area contributed by atoms with E-state index in [-0.39, 0.29) is 41.0 Å². The molecule has 0 atom stereocenters. The van der Waals surface area contributed by atoms with Crippen LogP contribution in [0.1, 0.15) is 29.6 Å². The van der Waals surface area contributed by atoms with Gasteiger partial charge in [0.2, 0.25) is 5.91 Å². The van der Waals surface area contributed by atoms with Crippen LogP contribution in [0.4, 0.5) is 5.69 Å². The second-order valence-electron chi connectivity index (χ2n) is 5.92. The van der Waals surface area contributed by atoms with Gasteiger partial charge in [0.15, 0.2) is 0 Å². The number of nitrogens with zero attached hydrogens (tertiary/aromatic N) is 2. The highest BCUT2D eigenvalue weighted by Crippen LogP contribution is 2.34. The largest absolute Gasteiger partial charge is 0.456 e. The average molecular weight is 409 g/mol. The molecule has 3 rings (SSSR count). The molecule has 0 unspecified atom stereocenters. The highest BCUT2D eigenvalue weighted by molar-refractivity contribution is 6.35. The molecule has 2 aromatic carbocycles. The summed E-state index contributed by atoms with van der Waals surface area (Å²) in [5.74, 6) is -0.591. The van der Waals surface area contributed by atoms with Crippen LogP contribution >= 0.6 is 23.2 Å². The molecule has 7 nitrogen and oxygen atoms in total. The maximum atomic E-state index is 12.8. The third kappa shape index (κ3) is 4.20. The molecule has 0 N–H and O–H groups in total. The number of imide groups is 1. The van der Waals surface area contributed by atoms with Gasteiger partial charge in [-0.1, -0.05) is 23.2 Å². The number of hydrogen-bond acceptors (Lipinski definition) is 5. The van der Waals surface area contributed by atoms with Crippen molar-refractivity contribution in [1.29, 1.82) is 0 Å². The van der Waals surface area contributed by atoms with Crippen LogP contribution < -0.4 is 4.74 Å². The van der Waals surface area contributed by atoms with Crippen molar-refractivity contribution < 1.29 is 19.2 Å². The Bertz CT molecular complexity index is 932. The highest BCUT2D eigenvalue weighted by Gasteiger charge is 2.30. The number of halogens is 2. The zero-order chi connectivity index (χ0) is 19.6. The van der Waals surface area contributed by atoms with E-state index < -0.39 is 16.5 Å². The van der Waals surface area contributed by atoms with Gasteiger partial charge < -0.3 is 4.74 Å². The number of hydrogen-bond donors (Lipinski definition) is 0. The molecule has 0 spiro atoms. The fourth-order valence-corrected chi connectivity index (χ4v) is 3.21. The predicted molar refractivity (Wildman–Crippen MR) is 99.5 cm³/mol. The minimum atomic E-state index is -0.709. The van der Waals surface area contributed by atoms with E-state index in [0.29, 0.717) is 17.9 Å². The zero-order valence-electron chi connectivity index (χ0n) is 14.0. The van der Waals surface area contributed by atoms with Gasteiger partial charge in [-0.15, -0.1) is 0 Å². The Morgan fingerprint density at radius 1 is 1.15 bits per heavy atom. The zero-order valence-corrected chi connectivity index (χ0v) is 15.5. The van der Waals surface area contributed by atoms with Gasteiger partial charge in [-0.2, -0.15) is 0 Å². The molecule has 9 heteroatoms. The van der Waals surface area contributed by atoms with Gasteiger partial charge in [0.25, 0.3) is 11.6 Å². The molecule has 2 aromatic rings. The van der Waals surface area contributed by atoms with Crippen molar-refractivity contribution in [3.8, 4) is 11.5 Å². The SMILES string of the molecule is O=C1CCCCN1C(=O)c1cc(Oc2ccc(Cl)cc2Cl)ccc1[N+](=O)[O-]. The molecular formula is C18H14Cl2N2O5. The Labute approximate surface area is 164 Å².